The fraction of sp³-hybridized carbons (Fsp3) is 0.417. The summed E-state index contributed by atoms with van der Waals surface area (Å²) in [6.07, 6.45) is 0.725. The lowest BCUT2D eigenvalue weighted by atomic mass is 10.1. The highest BCUT2D eigenvalue weighted by molar-refractivity contribution is 14.1. The van der Waals surface area contributed by atoms with Gasteiger partial charge in [0.05, 0.1) is 17.2 Å². The molecule has 1 atom stereocenters. The van der Waals surface area contributed by atoms with Crippen molar-refractivity contribution in [3.05, 3.63) is 27.6 Å². The first kappa shape index (κ1) is 14.7. The summed E-state index contributed by atoms with van der Waals surface area (Å²) < 4.78 is 36.1. The molecule has 7 heteroatoms. The van der Waals surface area contributed by atoms with Crippen LogP contribution >= 0.6 is 22.6 Å². The van der Waals surface area contributed by atoms with Crippen molar-refractivity contribution in [1.29, 1.82) is 0 Å². The van der Waals surface area contributed by atoms with E-state index in [1.165, 1.54) is 18.2 Å². The van der Waals surface area contributed by atoms with Crippen LogP contribution in [0, 0.1) is 15.3 Å². The summed E-state index contributed by atoms with van der Waals surface area (Å²) in [7, 11) is -2.96. The molecule has 104 valence electrons. The maximum absolute atomic E-state index is 12.9. The molecular weight excluding hydrogens is 384 g/mol. The fourth-order valence-corrected chi connectivity index (χ4v) is 4.56. The minimum Gasteiger partial charge on any atom is -0.325 e. The van der Waals surface area contributed by atoms with E-state index in [1.54, 1.807) is 0 Å². The molecule has 1 aliphatic rings. The second-order valence-corrected chi connectivity index (χ2v) is 8.04. The molecule has 0 saturated carbocycles. The Kier molecular flexibility index (Phi) is 4.44. The molecular formula is C12H13FINO3S. The largest absolute Gasteiger partial charge is 0.325 e. The van der Waals surface area contributed by atoms with Gasteiger partial charge in [0.2, 0.25) is 5.91 Å². The lowest BCUT2D eigenvalue weighted by Crippen LogP contribution is -2.18. The molecule has 0 spiro atoms. The molecule has 19 heavy (non-hydrogen) atoms. The molecule has 0 aromatic heterocycles. The van der Waals surface area contributed by atoms with Crippen molar-refractivity contribution in [3.63, 3.8) is 0 Å². The zero-order valence-electron chi connectivity index (χ0n) is 10.0. The van der Waals surface area contributed by atoms with E-state index in [-0.39, 0.29) is 35.6 Å². The van der Waals surface area contributed by atoms with Crippen LogP contribution in [0.5, 0.6) is 0 Å². The number of hydrogen-bond acceptors (Lipinski definition) is 3. The van der Waals surface area contributed by atoms with Gasteiger partial charge in [-0.1, -0.05) is 0 Å². The Morgan fingerprint density at radius 2 is 2.21 bits per heavy atom. The number of sulfone groups is 1. The van der Waals surface area contributed by atoms with Gasteiger partial charge in [-0.15, -0.1) is 0 Å². The first-order valence-corrected chi connectivity index (χ1v) is 8.71. The standard InChI is InChI=1S/C12H13FINO3S/c13-9-1-2-11(10(14)6-9)15-12(16)5-8-3-4-19(17,18)7-8/h1-2,6,8H,3-5,7H2,(H,15,16). The molecule has 1 fully saturated rings. The van der Waals surface area contributed by atoms with E-state index in [9.17, 15) is 17.6 Å². The van der Waals surface area contributed by atoms with Crippen LogP contribution in [0.25, 0.3) is 0 Å². The molecule has 1 amide bonds. The molecule has 0 radical (unpaired) electrons. The third-order valence-electron chi connectivity index (χ3n) is 3.01. The van der Waals surface area contributed by atoms with Crippen molar-refractivity contribution in [3.8, 4) is 0 Å². The number of carbonyl (C=O) groups is 1. The lowest BCUT2D eigenvalue weighted by molar-refractivity contribution is -0.116. The minimum atomic E-state index is -2.96. The summed E-state index contributed by atoms with van der Waals surface area (Å²) in [5.74, 6) is -0.445. The Balaban J connectivity index is 1.95. The quantitative estimate of drug-likeness (QED) is 0.796. The molecule has 0 bridgehead atoms. The van der Waals surface area contributed by atoms with E-state index >= 15 is 0 Å². The van der Waals surface area contributed by atoms with E-state index < -0.39 is 9.84 Å². The van der Waals surface area contributed by atoms with Crippen LogP contribution in [-0.2, 0) is 14.6 Å². The molecule has 1 N–H and O–H groups in total. The Bertz CT molecular complexity index is 603. The number of hydrogen-bond donors (Lipinski definition) is 1. The Morgan fingerprint density at radius 3 is 2.79 bits per heavy atom. The maximum Gasteiger partial charge on any atom is 0.224 e. The molecule has 1 aromatic carbocycles. The monoisotopic (exact) mass is 397 g/mol. The first-order chi connectivity index (χ1) is 8.85. The van der Waals surface area contributed by atoms with Gasteiger partial charge in [-0.25, -0.2) is 12.8 Å². The number of benzene rings is 1. The Morgan fingerprint density at radius 1 is 1.47 bits per heavy atom. The van der Waals surface area contributed by atoms with Gasteiger partial charge < -0.3 is 5.32 Å². The van der Waals surface area contributed by atoms with E-state index in [1.807, 2.05) is 22.6 Å². The van der Waals surface area contributed by atoms with Gasteiger partial charge >= 0.3 is 0 Å². The van der Waals surface area contributed by atoms with E-state index in [0.29, 0.717) is 15.7 Å². The fourth-order valence-electron chi connectivity index (χ4n) is 2.09. The second kappa shape index (κ2) is 5.74. The zero-order valence-corrected chi connectivity index (χ0v) is 13.0. The first-order valence-electron chi connectivity index (χ1n) is 5.81. The average Bonchev–Trinajstić information content (AvgIpc) is 2.62. The predicted molar refractivity (Wildman–Crippen MR) is 79.1 cm³/mol. The number of nitrogens with one attached hydrogen (secondary N) is 1. The van der Waals surface area contributed by atoms with Crippen molar-refractivity contribution in [2.24, 2.45) is 5.92 Å². The molecule has 1 saturated heterocycles. The molecule has 1 heterocycles. The highest BCUT2D eigenvalue weighted by Crippen LogP contribution is 2.23. The molecule has 2 rings (SSSR count). The van der Waals surface area contributed by atoms with E-state index in [0.717, 1.165) is 0 Å². The Labute approximate surface area is 124 Å². The van der Waals surface area contributed by atoms with Crippen LogP contribution < -0.4 is 5.32 Å². The van der Waals surface area contributed by atoms with Crippen LogP contribution in [0.15, 0.2) is 18.2 Å². The number of amides is 1. The highest BCUT2D eigenvalue weighted by atomic mass is 127. The molecule has 1 unspecified atom stereocenters. The van der Waals surface area contributed by atoms with Crippen molar-refractivity contribution in [2.75, 3.05) is 16.8 Å². The highest BCUT2D eigenvalue weighted by Gasteiger charge is 2.29. The normalized spacial score (nSPS) is 21.3. The van der Waals surface area contributed by atoms with Crippen LogP contribution in [-0.4, -0.2) is 25.8 Å². The summed E-state index contributed by atoms with van der Waals surface area (Å²) >= 11 is 1.94. The van der Waals surface area contributed by atoms with Crippen LogP contribution in [0.2, 0.25) is 0 Å². The van der Waals surface area contributed by atoms with Crippen LogP contribution in [0.4, 0.5) is 10.1 Å². The van der Waals surface area contributed by atoms with Gasteiger partial charge in [0.15, 0.2) is 9.84 Å². The SMILES string of the molecule is O=C(CC1CCS(=O)(=O)C1)Nc1ccc(F)cc1I. The second-order valence-electron chi connectivity index (χ2n) is 4.65. The van der Waals surface area contributed by atoms with Gasteiger partial charge in [0.25, 0.3) is 0 Å². The third kappa shape index (κ3) is 4.13. The molecule has 4 nitrogen and oxygen atoms in total. The van der Waals surface area contributed by atoms with Gasteiger partial charge in [-0.2, -0.15) is 0 Å². The summed E-state index contributed by atoms with van der Waals surface area (Å²) in [6, 6.07) is 4.11. The van der Waals surface area contributed by atoms with Gasteiger partial charge in [-0.05, 0) is 53.1 Å². The Hall–Kier alpha value is -0.700. The van der Waals surface area contributed by atoms with E-state index in [2.05, 4.69) is 5.32 Å². The maximum atomic E-state index is 12.9. The number of rotatable bonds is 3. The molecule has 0 aliphatic carbocycles. The number of anilines is 1. The third-order valence-corrected chi connectivity index (χ3v) is 5.74. The van der Waals surface area contributed by atoms with Crippen molar-refractivity contribution in [2.45, 2.75) is 12.8 Å². The number of carbonyl (C=O) groups excluding carboxylic acids is 1. The van der Waals surface area contributed by atoms with E-state index in [4.69, 9.17) is 0 Å². The topological polar surface area (TPSA) is 63.2 Å². The molecule has 1 aromatic rings. The predicted octanol–water partition coefficient (Wildman–Crippen LogP) is 2.19. The smallest absolute Gasteiger partial charge is 0.224 e. The van der Waals surface area contributed by atoms with Crippen LogP contribution in [0.3, 0.4) is 0 Å². The minimum absolute atomic E-state index is 0.0843. The van der Waals surface area contributed by atoms with Crippen molar-refractivity contribution in [1.82, 2.24) is 0 Å². The summed E-state index contributed by atoms with van der Waals surface area (Å²) in [5.41, 5.74) is 0.549. The summed E-state index contributed by atoms with van der Waals surface area (Å²) in [5, 5.41) is 2.68. The zero-order chi connectivity index (χ0) is 14.0. The summed E-state index contributed by atoms with van der Waals surface area (Å²) in [4.78, 5) is 11.8. The average molecular weight is 397 g/mol. The number of halogens is 2. The van der Waals surface area contributed by atoms with Crippen LogP contribution in [0.1, 0.15) is 12.8 Å². The summed E-state index contributed by atoms with van der Waals surface area (Å²) in [6.45, 7) is 0. The van der Waals surface area contributed by atoms with Crippen molar-refractivity contribution >= 4 is 44.0 Å². The lowest BCUT2D eigenvalue weighted by Gasteiger charge is -2.10. The van der Waals surface area contributed by atoms with Gasteiger partial charge in [0, 0.05) is 9.99 Å². The van der Waals surface area contributed by atoms with Gasteiger partial charge in [0.1, 0.15) is 5.82 Å². The van der Waals surface area contributed by atoms with Crippen molar-refractivity contribution < 1.29 is 17.6 Å². The van der Waals surface area contributed by atoms with Gasteiger partial charge in [-0.3, -0.25) is 4.79 Å². The molecule has 1 aliphatic heterocycles.